The van der Waals surface area contributed by atoms with Crippen molar-refractivity contribution in [1.29, 1.82) is 0 Å². The van der Waals surface area contributed by atoms with Crippen molar-refractivity contribution >= 4 is 6.09 Å². The minimum Gasteiger partial charge on any atom is -0.445 e. The lowest BCUT2D eigenvalue weighted by Gasteiger charge is -2.25. The van der Waals surface area contributed by atoms with Crippen LogP contribution in [0.15, 0.2) is 30.3 Å². The average molecular weight is 247 g/mol. The Hall–Kier alpha value is -1.55. The third-order valence-corrected chi connectivity index (χ3v) is 3.98. The Labute approximate surface area is 106 Å². The molecule has 4 heteroatoms. The zero-order valence-electron chi connectivity index (χ0n) is 10.2. The fourth-order valence-corrected chi connectivity index (χ4v) is 2.98. The Kier molecular flexibility index (Phi) is 2.96. The molecule has 1 saturated carbocycles. The lowest BCUT2D eigenvalue weighted by atomic mass is 10.1. The van der Waals surface area contributed by atoms with E-state index in [4.69, 9.17) is 4.74 Å². The molecular weight excluding hydrogens is 230 g/mol. The molecule has 3 atom stereocenters. The first-order chi connectivity index (χ1) is 8.75. The predicted molar refractivity (Wildman–Crippen MR) is 65.9 cm³/mol. The molecule has 1 amide bonds. The summed E-state index contributed by atoms with van der Waals surface area (Å²) >= 11 is 0. The Morgan fingerprint density at radius 2 is 2.11 bits per heavy atom. The lowest BCUT2D eigenvalue weighted by Crippen LogP contribution is -2.39. The van der Waals surface area contributed by atoms with Gasteiger partial charge in [0.25, 0.3) is 0 Å². The molecule has 0 aromatic heterocycles. The molecule has 18 heavy (non-hydrogen) atoms. The Morgan fingerprint density at radius 1 is 1.33 bits per heavy atom. The number of rotatable bonds is 2. The summed E-state index contributed by atoms with van der Waals surface area (Å²) < 4.78 is 5.29. The van der Waals surface area contributed by atoms with Crippen LogP contribution in [0.2, 0.25) is 0 Å². The van der Waals surface area contributed by atoms with Crippen LogP contribution in [0.4, 0.5) is 4.79 Å². The summed E-state index contributed by atoms with van der Waals surface area (Å²) in [6, 6.07) is 9.60. The maximum Gasteiger partial charge on any atom is 0.410 e. The third kappa shape index (κ3) is 1.97. The lowest BCUT2D eigenvalue weighted by molar-refractivity contribution is 0.0741. The predicted octanol–water partition coefficient (Wildman–Crippen LogP) is 1.78. The van der Waals surface area contributed by atoms with E-state index in [0.717, 1.165) is 18.4 Å². The topological polar surface area (TPSA) is 49.8 Å². The number of ether oxygens (including phenoxy) is 1. The fraction of sp³-hybridized carbons (Fsp3) is 0.500. The van der Waals surface area contributed by atoms with Gasteiger partial charge in [0, 0.05) is 12.5 Å². The minimum absolute atomic E-state index is 0.0294. The van der Waals surface area contributed by atoms with E-state index < -0.39 is 0 Å². The van der Waals surface area contributed by atoms with Crippen LogP contribution in [0.25, 0.3) is 0 Å². The van der Waals surface area contributed by atoms with Gasteiger partial charge >= 0.3 is 6.09 Å². The number of hydrogen-bond acceptors (Lipinski definition) is 3. The average Bonchev–Trinajstić information content (AvgIpc) is 2.93. The number of carbonyl (C=O) groups is 1. The minimum atomic E-state index is -0.353. The van der Waals surface area contributed by atoms with Crippen LogP contribution in [-0.2, 0) is 11.3 Å². The van der Waals surface area contributed by atoms with Crippen molar-refractivity contribution in [2.24, 2.45) is 5.92 Å². The van der Waals surface area contributed by atoms with E-state index in [2.05, 4.69) is 0 Å². The van der Waals surface area contributed by atoms with Crippen molar-refractivity contribution in [3.05, 3.63) is 35.9 Å². The number of benzene rings is 1. The molecule has 2 bridgehead atoms. The molecule has 1 N–H and O–H groups in total. The maximum atomic E-state index is 11.9. The largest absolute Gasteiger partial charge is 0.445 e. The van der Waals surface area contributed by atoms with E-state index in [9.17, 15) is 9.90 Å². The number of likely N-dealkylation sites (tertiary alicyclic amines) is 1. The highest BCUT2D eigenvalue weighted by molar-refractivity contribution is 5.69. The van der Waals surface area contributed by atoms with Gasteiger partial charge in [-0.2, -0.15) is 0 Å². The summed E-state index contributed by atoms with van der Waals surface area (Å²) in [4.78, 5) is 13.6. The molecular formula is C14H17NO3. The molecule has 96 valence electrons. The molecule has 1 aliphatic carbocycles. The molecule has 1 heterocycles. The Balaban J connectivity index is 1.57. The van der Waals surface area contributed by atoms with Crippen LogP contribution < -0.4 is 0 Å². The van der Waals surface area contributed by atoms with Crippen LogP contribution in [0, 0.1) is 5.92 Å². The first-order valence-corrected chi connectivity index (χ1v) is 6.41. The summed E-state index contributed by atoms with van der Waals surface area (Å²) in [6.07, 6.45) is 1.26. The number of piperidine rings is 1. The highest BCUT2D eigenvalue weighted by Gasteiger charge is 2.48. The normalized spacial score (nSPS) is 29.6. The zero-order valence-corrected chi connectivity index (χ0v) is 10.2. The van der Waals surface area contributed by atoms with Crippen LogP contribution in [0.5, 0.6) is 0 Å². The highest BCUT2D eigenvalue weighted by atomic mass is 16.6. The van der Waals surface area contributed by atoms with Crippen molar-refractivity contribution in [3.8, 4) is 0 Å². The second-order valence-corrected chi connectivity index (χ2v) is 5.09. The number of amides is 1. The summed E-state index contributed by atoms with van der Waals surface area (Å²) in [7, 11) is 0. The van der Waals surface area contributed by atoms with E-state index >= 15 is 0 Å². The van der Waals surface area contributed by atoms with E-state index in [1.165, 1.54) is 0 Å². The molecule has 0 radical (unpaired) electrons. The van der Waals surface area contributed by atoms with Crippen molar-refractivity contribution in [2.45, 2.75) is 31.6 Å². The Morgan fingerprint density at radius 3 is 2.72 bits per heavy atom. The smallest absolute Gasteiger partial charge is 0.410 e. The number of aliphatic hydroxyl groups is 1. The molecule has 3 rings (SSSR count). The zero-order chi connectivity index (χ0) is 12.5. The van der Waals surface area contributed by atoms with E-state index in [-0.39, 0.29) is 24.2 Å². The van der Waals surface area contributed by atoms with Crippen molar-refractivity contribution in [2.75, 3.05) is 6.54 Å². The second kappa shape index (κ2) is 4.61. The van der Waals surface area contributed by atoms with Crippen LogP contribution >= 0.6 is 0 Å². The van der Waals surface area contributed by atoms with Gasteiger partial charge in [0.2, 0.25) is 0 Å². The fourth-order valence-electron chi connectivity index (χ4n) is 2.98. The van der Waals surface area contributed by atoms with Crippen molar-refractivity contribution in [1.82, 2.24) is 4.90 Å². The van der Waals surface area contributed by atoms with E-state index in [1.807, 2.05) is 30.3 Å². The molecule has 2 aliphatic rings. The van der Waals surface area contributed by atoms with Gasteiger partial charge < -0.3 is 14.7 Å². The summed E-state index contributed by atoms with van der Waals surface area (Å²) in [6.45, 7) is 0.934. The second-order valence-electron chi connectivity index (χ2n) is 5.09. The van der Waals surface area contributed by atoms with Crippen molar-refractivity contribution < 1.29 is 14.6 Å². The number of carbonyl (C=O) groups excluding carboxylic acids is 1. The standard InChI is InChI=1S/C14H17NO3/c16-13-11-6-7-12(13)15(8-11)14(17)18-9-10-4-2-1-3-5-10/h1-5,11-13,16H,6-9H2/t11-,12-,13-/m1/s1. The number of nitrogens with zero attached hydrogens (tertiary/aromatic N) is 1. The quantitative estimate of drug-likeness (QED) is 0.866. The van der Waals surface area contributed by atoms with E-state index in [1.54, 1.807) is 4.90 Å². The van der Waals surface area contributed by atoms with Gasteiger partial charge in [0.15, 0.2) is 0 Å². The molecule has 1 saturated heterocycles. The number of hydrogen-bond donors (Lipinski definition) is 1. The molecule has 2 fully saturated rings. The van der Waals surface area contributed by atoms with E-state index in [0.29, 0.717) is 13.2 Å². The molecule has 1 aromatic rings. The molecule has 1 aliphatic heterocycles. The first kappa shape index (κ1) is 11.5. The summed E-state index contributed by atoms with van der Waals surface area (Å²) in [5.41, 5.74) is 0.982. The van der Waals surface area contributed by atoms with Gasteiger partial charge in [-0.25, -0.2) is 4.79 Å². The van der Waals surface area contributed by atoms with Gasteiger partial charge in [0.05, 0.1) is 12.1 Å². The van der Waals surface area contributed by atoms with Crippen LogP contribution in [0.3, 0.4) is 0 Å². The first-order valence-electron chi connectivity index (χ1n) is 6.41. The van der Waals surface area contributed by atoms with Gasteiger partial charge in [-0.15, -0.1) is 0 Å². The molecule has 4 nitrogen and oxygen atoms in total. The van der Waals surface area contributed by atoms with Gasteiger partial charge in [-0.3, -0.25) is 0 Å². The SMILES string of the molecule is O=C(OCc1ccccc1)N1C[C@H]2CC[C@@H]1[C@@H]2O. The third-order valence-electron chi connectivity index (χ3n) is 3.98. The van der Waals surface area contributed by atoms with Gasteiger partial charge in [-0.05, 0) is 18.4 Å². The number of aliphatic hydroxyl groups excluding tert-OH is 1. The summed E-state index contributed by atoms with van der Waals surface area (Å²) in [5.74, 6) is 0.249. The highest BCUT2D eigenvalue weighted by Crippen LogP contribution is 2.38. The Bertz CT molecular complexity index is 434. The summed E-state index contributed by atoms with van der Waals surface area (Å²) in [5, 5.41) is 9.88. The van der Waals surface area contributed by atoms with Crippen LogP contribution in [-0.4, -0.2) is 34.8 Å². The van der Waals surface area contributed by atoms with Crippen LogP contribution in [0.1, 0.15) is 18.4 Å². The molecule has 1 aromatic carbocycles. The van der Waals surface area contributed by atoms with Gasteiger partial charge in [-0.1, -0.05) is 30.3 Å². The number of fused-ring (bicyclic) bond motifs is 2. The molecule has 0 spiro atoms. The van der Waals surface area contributed by atoms with Gasteiger partial charge in [0.1, 0.15) is 6.61 Å². The maximum absolute atomic E-state index is 11.9. The molecule has 0 unspecified atom stereocenters. The monoisotopic (exact) mass is 247 g/mol. The van der Waals surface area contributed by atoms with Crippen molar-refractivity contribution in [3.63, 3.8) is 0 Å².